The Morgan fingerprint density at radius 3 is 3.00 bits per heavy atom. The van der Waals surface area contributed by atoms with Gasteiger partial charge in [0, 0.05) is 5.75 Å². The molecule has 0 bridgehead atoms. The van der Waals surface area contributed by atoms with Gasteiger partial charge in [0.2, 0.25) is 15.2 Å². The van der Waals surface area contributed by atoms with Crippen molar-refractivity contribution in [1.82, 2.24) is 10.2 Å². The number of carbonyl (C=O) groups is 1. The molecule has 1 aromatic carbocycles. The van der Waals surface area contributed by atoms with Crippen molar-refractivity contribution in [3.63, 3.8) is 0 Å². The topological polar surface area (TPSA) is 101 Å². The molecule has 27 heavy (non-hydrogen) atoms. The van der Waals surface area contributed by atoms with Gasteiger partial charge in [-0.2, -0.15) is 0 Å². The maximum Gasteiger partial charge on any atom is 0.269 e. The van der Waals surface area contributed by atoms with Crippen LogP contribution in [0.3, 0.4) is 0 Å². The molecule has 1 aliphatic heterocycles. The Morgan fingerprint density at radius 2 is 2.26 bits per heavy atom. The number of anilines is 2. The highest BCUT2D eigenvalue weighted by molar-refractivity contribution is 8.01. The first-order chi connectivity index (χ1) is 12.9. The zero-order valence-corrected chi connectivity index (χ0v) is 16.9. The number of nitrogens with one attached hydrogen (secondary N) is 1. The molecule has 0 spiro atoms. The second kappa shape index (κ2) is 8.28. The molecule has 0 radical (unpaired) electrons. The number of nitrogens with zero attached hydrogens (tertiary/aromatic N) is 3. The van der Waals surface area contributed by atoms with E-state index in [0.29, 0.717) is 26.7 Å². The summed E-state index contributed by atoms with van der Waals surface area (Å²) in [6.07, 6.45) is 0.759. The molecule has 1 aliphatic rings. The fourth-order valence-electron chi connectivity index (χ4n) is 2.39. The molecule has 0 fully saturated rings. The van der Waals surface area contributed by atoms with E-state index in [4.69, 9.17) is 4.74 Å². The van der Waals surface area contributed by atoms with E-state index in [2.05, 4.69) is 22.1 Å². The molecular formula is C16H18N4O4S3. The summed E-state index contributed by atoms with van der Waals surface area (Å²) >= 11 is 2.69. The van der Waals surface area contributed by atoms with E-state index in [9.17, 15) is 13.2 Å². The molecule has 1 N–H and O–H groups in total. The average molecular weight is 427 g/mol. The van der Waals surface area contributed by atoms with Crippen LogP contribution in [0.25, 0.3) is 0 Å². The van der Waals surface area contributed by atoms with Crippen LogP contribution in [0.15, 0.2) is 41.3 Å². The van der Waals surface area contributed by atoms with Crippen molar-refractivity contribution in [3.05, 3.63) is 36.9 Å². The highest BCUT2D eigenvalue weighted by Crippen LogP contribution is 2.35. The maximum absolute atomic E-state index is 12.6. The lowest BCUT2D eigenvalue weighted by Crippen LogP contribution is -2.49. The first kappa shape index (κ1) is 19.6. The summed E-state index contributed by atoms with van der Waals surface area (Å²) in [5.41, 5.74) is 0.433. The van der Waals surface area contributed by atoms with Crippen LogP contribution >= 0.6 is 23.1 Å². The van der Waals surface area contributed by atoms with Crippen molar-refractivity contribution in [2.75, 3.05) is 27.7 Å². The maximum atomic E-state index is 12.6. The number of aromatic nitrogens is 2. The van der Waals surface area contributed by atoms with Crippen molar-refractivity contribution in [2.24, 2.45) is 0 Å². The minimum atomic E-state index is -3.54. The minimum absolute atomic E-state index is 0.0735. The Bertz CT molecular complexity index is 945. The molecule has 2 aromatic rings. The molecule has 0 saturated heterocycles. The SMILES string of the molecule is C=CCSc1nnc(NC(=O)[C@H]2CN(S(=O)(=O)CC)c3ccccc3O2)s1. The van der Waals surface area contributed by atoms with Crippen molar-refractivity contribution in [1.29, 1.82) is 0 Å². The van der Waals surface area contributed by atoms with Crippen LogP contribution in [0.4, 0.5) is 10.8 Å². The molecule has 11 heteroatoms. The zero-order valence-electron chi connectivity index (χ0n) is 14.5. The molecule has 0 saturated carbocycles. The van der Waals surface area contributed by atoms with Gasteiger partial charge < -0.3 is 4.74 Å². The van der Waals surface area contributed by atoms with Crippen LogP contribution in [-0.4, -0.2) is 48.7 Å². The largest absolute Gasteiger partial charge is 0.476 e. The van der Waals surface area contributed by atoms with E-state index in [1.165, 1.54) is 27.4 Å². The van der Waals surface area contributed by atoms with E-state index in [-0.39, 0.29) is 12.3 Å². The Kier molecular flexibility index (Phi) is 6.02. The number of ether oxygens (including phenoxy) is 1. The fourth-order valence-corrected chi connectivity index (χ4v) is 5.03. The summed E-state index contributed by atoms with van der Waals surface area (Å²) in [5.74, 6) is 0.489. The van der Waals surface area contributed by atoms with E-state index in [1.807, 2.05) is 0 Å². The first-order valence-electron chi connectivity index (χ1n) is 8.08. The third kappa shape index (κ3) is 4.42. The second-order valence-corrected chi connectivity index (χ2v) is 9.89. The van der Waals surface area contributed by atoms with Crippen molar-refractivity contribution in [3.8, 4) is 5.75 Å². The number of para-hydroxylation sites is 2. The number of hydrogen-bond acceptors (Lipinski definition) is 8. The molecule has 1 amide bonds. The summed E-state index contributed by atoms with van der Waals surface area (Å²) < 4.78 is 32.6. The number of benzene rings is 1. The Hall–Kier alpha value is -2.11. The average Bonchev–Trinajstić information content (AvgIpc) is 3.12. The quantitative estimate of drug-likeness (QED) is 0.412. The van der Waals surface area contributed by atoms with E-state index in [0.717, 1.165) is 0 Å². The van der Waals surface area contributed by atoms with Crippen LogP contribution in [0.5, 0.6) is 5.75 Å². The number of hydrogen-bond donors (Lipinski definition) is 1. The van der Waals surface area contributed by atoms with Crippen molar-refractivity contribution < 1.29 is 17.9 Å². The lowest BCUT2D eigenvalue weighted by molar-refractivity contribution is -0.122. The van der Waals surface area contributed by atoms with E-state index in [1.54, 1.807) is 37.3 Å². The highest BCUT2D eigenvalue weighted by atomic mass is 32.2. The first-order valence-corrected chi connectivity index (χ1v) is 11.5. The number of thioether (sulfide) groups is 1. The number of rotatable bonds is 7. The van der Waals surface area contributed by atoms with Gasteiger partial charge in [0.1, 0.15) is 5.75 Å². The molecule has 2 heterocycles. The van der Waals surface area contributed by atoms with Gasteiger partial charge >= 0.3 is 0 Å². The van der Waals surface area contributed by atoms with Crippen LogP contribution in [0.1, 0.15) is 6.92 Å². The fraction of sp³-hybridized carbons (Fsp3) is 0.312. The van der Waals surface area contributed by atoms with Gasteiger partial charge in [-0.05, 0) is 19.1 Å². The summed E-state index contributed by atoms with van der Waals surface area (Å²) in [4.78, 5) is 12.6. The Balaban J connectivity index is 1.78. The normalized spacial score (nSPS) is 16.3. The third-order valence-corrected chi connectivity index (χ3v) is 7.40. The van der Waals surface area contributed by atoms with Gasteiger partial charge in [-0.3, -0.25) is 14.4 Å². The lowest BCUT2D eigenvalue weighted by atomic mass is 10.2. The van der Waals surface area contributed by atoms with Gasteiger partial charge in [0.15, 0.2) is 10.4 Å². The molecule has 0 unspecified atom stereocenters. The van der Waals surface area contributed by atoms with Gasteiger partial charge in [-0.25, -0.2) is 8.42 Å². The number of carbonyl (C=O) groups excluding carboxylic acids is 1. The Morgan fingerprint density at radius 1 is 1.48 bits per heavy atom. The summed E-state index contributed by atoms with van der Waals surface area (Å²) in [6.45, 7) is 5.10. The molecule has 3 rings (SSSR count). The summed E-state index contributed by atoms with van der Waals surface area (Å²) in [7, 11) is -3.54. The number of amides is 1. The molecular weight excluding hydrogens is 408 g/mol. The second-order valence-electron chi connectivity index (χ2n) is 5.47. The van der Waals surface area contributed by atoms with Gasteiger partial charge in [-0.1, -0.05) is 41.3 Å². The smallest absolute Gasteiger partial charge is 0.269 e. The Labute approximate surface area is 165 Å². The molecule has 8 nitrogen and oxygen atoms in total. The van der Waals surface area contributed by atoms with Crippen LogP contribution in [0.2, 0.25) is 0 Å². The van der Waals surface area contributed by atoms with E-state index < -0.39 is 22.0 Å². The number of fused-ring (bicyclic) bond motifs is 1. The van der Waals surface area contributed by atoms with Crippen molar-refractivity contribution >= 4 is 49.8 Å². The molecule has 1 atom stereocenters. The van der Waals surface area contributed by atoms with Crippen LogP contribution in [0, 0.1) is 0 Å². The van der Waals surface area contributed by atoms with Crippen LogP contribution in [-0.2, 0) is 14.8 Å². The molecule has 0 aliphatic carbocycles. The standard InChI is InChI=1S/C16H18N4O4S3/c1-3-9-25-16-19-18-15(26-16)17-14(21)13-10-20(27(22,23)4-2)11-7-5-6-8-12(11)24-13/h3,5-8,13H,1,4,9-10H2,2H3,(H,17,18,21)/t13-/m1/s1. The minimum Gasteiger partial charge on any atom is -0.476 e. The van der Waals surface area contributed by atoms with Gasteiger partial charge in [-0.15, -0.1) is 16.8 Å². The predicted octanol–water partition coefficient (Wildman–Crippen LogP) is 2.37. The highest BCUT2D eigenvalue weighted by Gasteiger charge is 2.36. The predicted molar refractivity (Wildman–Crippen MR) is 107 cm³/mol. The van der Waals surface area contributed by atoms with Crippen molar-refractivity contribution in [2.45, 2.75) is 17.4 Å². The monoisotopic (exact) mass is 426 g/mol. The molecule has 1 aromatic heterocycles. The lowest BCUT2D eigenvalue weighted by Gasteiger charge is -2.34. The third-order valence-electron chi connectivity index (χ3n) is 3.69. The zero-order chi connectivity index (χ0) is 19.4. The molecule has 144 valence electrons. The van der Waals surface area contributed by atoms with Gasteiger partial charge in [0.05, 0.1) is 18.0 Å². The summed E-state index contributed by atoms with van der Waals surface area (Å²) in [5, 5.41) is 10.9. The van der Waals surface area contributed by atoms with Gasteiger partial charge in [0.25, 0.3) is 5.91 Å². The van der Waals surface area contributed by atoms with Crippen LogP contribution < -0.4 is 14.4 Å². The summed E-state index contributed by atoms with van der Waals surface area (Å²) in [6, 6.07) is 6.75. The number of sulfonamides is 1. The van der Waals surface area contributed by atoms with E-state index >= 15 is 0 Å².